The predicted molar refractivity (Wildman–Crippen MR) is 91.0 cm³/mol. The molecule has 2 N–H and O–H groups in total. The van der Waals surface area contributed by atoms with Gasteiger partial charge >= 0.3 is 12.2 Å². The number of carbonyl (C=O) groups is 1. The lowest BCUT2D eigenvalue weighted by molar-refractivity contribution is -0.138. The van der Waals surface area contributed by atoms with Crippen LogP contribution in [0.5, 0.6) is 5.75 Å². The number of hydrogen-bond acceptors (Lipinski definition) is 3. The standard InChI is InChI=1S/C18H25F3N2O3/c1-12(2)26-15-6-5-14(16(9-15)18(19,20)21)10-23-17(24)22-7-8-25-11-13-3-4-13/h5-6,9,12-13H,3-4,7-8,10-11H2,1-2H3,(H2,22,23,24). The van der Waals surface area contributed by atoms with E-state index in [0.717, 1.165) is 6.07 Å². The van der Waals surface area contributed by atoms with Crippen LogP contribution in [0.4, 0.5) is 18.0 Å². The fourth-order valence-corrected chi connectivity index (χ4v) is 2.33. The molecule has 5 nitrogen and oxygen atoms in total. The fraction of sp³-hybridized carbons (Fsp3) is 0.611. The second kappa shape index (κ2) is 9.12. The lowest BCUT2D eigenvalue weighted by Gasteiger charge is -2.17. The fourth-order valence-electron chi connectivity index (χ4n) is 2.33. The second-order valence-corrected chi connectivity index (χ2v) is 6.61. The SMILES string of the molecule is CC(C)Oc1ccc(CNC(=O)NCCOCC2CC2)c(C(F)(F)F)c1. The van der Waals surface area contributed by atoms with Crippen LogP contribution >= 0.6 is 0 Å². The van der Waals surface area contributed by atoms with Crippen molar-refractivity contribution in [2.45, 2.75) is 45.5 Å². The lowest BCUT2D eigenvalue weighted by Crippen LogP contribution is -2.37. The largest absolute Gasteiger partial charge is 0.491 e. The Morgan fingerprint density at radius 2 is 2.00 bits per heavy atom. The molecule has 1 aliphatic carbocycles. The molecule has 0 spiro atoms. The molecule has 0 heterocycles. The van der Waals surface area contributed by atoms with Gasteiger partial charge in [0, 0.05) is 19.7 Å². The Morgan fingerprint density at radius 1 is 1.27 bits per heavy atom. The van der Waals surface area contributed by atoms with Crippen molar-refractivity contribution >= 4 is 6.03 Å². The molecular weight excluding hydrogens is 349 g/mol. The quantitative estimate of drug-likeness (QED) is 0.648. The van der Waals surface area contributed by atoms with E-state index in [1.165, 1.54) is 25.0 Å². The maximum absolute atomic E-state index is 13.2. The van der Waals surface area contributed by atoms with Gasteiger partial charge in [-0.3, -0.25) is 0 Å². The van der Waals surface area contributed by atoms with Crippen LogP contribution < -0.4 is 15.4 Å². The molecule has 1 saturated carbocycles. The first-order chi connectivity index (χ1) is 12.3. The van der Waals surface area contributed by atoms with Gasteiger partial charge in [-0.15, -0.1) is 0 Å². The summed E-state index contributed by atoms with van der Waals surface area (Å²) in [5.41, 5.74) is -0.836. The van der Waals surface area contributed by atoms with Gasteiger partial charge in [0.25, 0.3) is 0 Å². The number of alkyl halides is 3. The molecule has 0 saturated heterocycles. The molecule has 0 unspecified atom stereocenters. The predicted octanol–water partition coefficient (Wildman–Crippen LogP) is 3.72. The number of rotatable bonds is 9. The molecule has 0 aromatic heterocycles. The Balaban J connectivity index is 1.83. The van der Waals surface area contributed by atoms with Crippen LogP contribution in [0, 0.1) is 5.92 Å². The van der Waals surface area contributed by atoms with Crippen molar-refractivity contribution in [2.75, 3.05) is 19.8 Å². The third kappa shape index (κ3) is 7.11. The molecule has 0 bridgehead atoms. The summed E-state index contributed by atoms with van der Waals surface area (Å²) in [6, 6.07) is 3.21. The summed E-state index contributed by atoms with van der Waals surface area (Å²) in [4.78, 5) is 11.7. The zero-order valence-electron chi connectivity index (χ0n) is 15.0. The number of hydrogen-bond donors (Lipinski definition) is 2. The van der Waals surface area contributed by atoms with Crippen LogP contribution in [-0.2, 0) is 17.5 Å². The summed E-state index contributed by atoms with van der Waals surface area (Å²) in [6.45, 7) is 4.64. The van der Waals surface area contributed by atoms with Crippen LogP contribution in [0.25, 0.3) is 0 Å². The van der Waals surface area contributed by atoms with Gasteiger partial charge in [-0.2, -0.15) is 13.2 Å². The highest BCUT2D eigenvalue weighted by Gasteiger charge is 2.34. The van der Waals surface area contributed by atoms with Crippen molar-refractivity contribution in [3.05, 3.63) is 29.3 Å². The van der Waals surface area contributed by atoms with Crippen molar-refractivity contribution in [3.63, 3.8) is 0 Å². The molecule has 1 aromatic rings. The Bertz CT molecular complexity index is 602. The first-order valence-corrected chi connectivity index (χ1v) is 8.72. The van der Waals surface area contributed by atoms with Crippen molar-refractivity contribution in [3.8, 4) is 5.75 Å². The second-order valence-electron chi connectivity index (χ2n) is 6.61. The Hall–Kier alpha value is -1.96. The molecular formula is C18H25F3N2O3. The minimum Gasteiger partial charge on any atom is -0.491 e. The Labute approximate surface area is 151 Å². The van der Waals surface area contributed by atoms with Crippen molar-refractivity contribution in [1.29, 1.82) is 0 Å². The number of nitrogens with one attached hydrogen (secondary N) is 2. The zero-order chi connectivity index (χ0) is 19.2. The van der Waals surface area contributed by atoms with Crippen molar-refractivity contribution in [1.82, 2.24) is 10.6 Å². The molecule has 0 aliphatic heterocycles. The third-order valence-corrected chi connectivity index (χ3v) is 3.78. The number of halogens is 3. The molecule has 146 valence electrons. The summed E-state index contributed by atoms with van der Waals surface area (Å²) in [7, 11) is 0. The average Bonchev–Trinajstić information content (AvgIpc) is 3.36. The van der Waals surface area contributed by atoms with Crippen LogP contribution in [0.3, 0.4) is 0 Å². The number of benzene rings is 1. The van der Waals surface area contributed by atoms with Gasteiger partial charge in [0.15, 0.2) is 0 Å². The molecule has 0 atom stereocenters. The normalized spacial score (nSPS) is 14.4. The molecule has 0 radical (unpaired) electrons. The van der Waals surface area contributed by atoms with Gasteiger partial charge in [-0.25, -0.2) is 4.79 Å². The molecule has 8 heteroatoms. The van der Waals surface area contributed by atoms with Crippen LogP contribution in [0.1, 0.15) is 37.8 Å². The summed E-state index contributed by atoms with van der Waals surface area (Å²) in [6.07, 6.45) is -2.37. The molecule has 2 rings (SSSR count). The van der Waals surface area contributed by atoms with E-state index < -0.39 is 17.8 Å². The smallest absolute Gasteiger partial charge is 0.416 e. The monoisotopic (exact) mass is 374 g/mol. The highest BCUT2D eigenvalue weighted by molar-refractivity contribution is 5.73. The first-order valence-electron chi connectivity index (χ1n) is 8.72. The first kappa shape index (κ1) is 20.4. The number of carbonyl (C=O) groups excluding carboxylic acids is 1. The molecule has 2 amide bonds. The van der Waals surface area contributed by atoms with E-state index >= 15 is 0 Å². The van der Waals surface area contributed by atoms with Crippen LogP contribution in [0.2, 0.25) is 0 Å². The third-order valence-electron chi connectivity index (χ3n) is 3.78. The average molecular weight is 374 g/mol. The summed E-state index contributed by atoms with van der Waals surface area (Å²) in [5.74, 6) is 0.792. The highest BCUT2D eigenvalue weighted by Crippen LogP contribution is 2.34. The molecule has 1 aromatic carbocycles. The van der Waals surface area contributed by atoms with Crippen molar-refractivity contribution < 1.29 is 27.4 Å². The summed E-state index contributed by atoms with van der Waals surface area (Å²) >= 11 is 0. The van der Waals surface area contributed by atoms with E-state index in [1.807, 2.05) is 0 Å². The van der Waals surface area contributed by atoms with Crippen LogP contribution in [-0.4, -0.2) is 31.9 Å². The number of amides is 2. The number of urea groups is 1. The van der Waals surface area contributed by atoms with Gasteiger partial charge < -0.3 is 20.1 Å². The van der Waals surface area contributed by atoms with E-state index in [1.54, 1.807) is 13.8 Å². The maximum Gasteiger partial charge on any atom is 0.416 e. The minimum atomic E-state index is -4.53. The molecule has 26 heavy (non-hydrogen) atoms. The highest BCUT2D eigenvalue weighted by atomic mass is 19.4. The zero-order valence-corrected chi connectivity index (χ0v) is 15.0. The van der Waals surface area contributed by atoms with E-state index in [9.17, 15) is 18.0 Å². The summed E-state index contributed by atoms with van der Waals surface area (Å²) in [5, 5.41) is 5.00. The lowest BCUT2D eigenvalue weighted by atomic mass is 10.1. The molecule has 1 fully saturated rings. The van der Waals surface area contributed by atoms with Crippen LogP contribution in [0.15, 0.2) is 18.2 Å². The van der Waals surface area contributed by atoms with Gasteiger partial charge in [-0.1, -0.05) is 6.07 Å². The van der Waals surface area contributed by atoms with E-state index in [4.69, 9.17) is 9.47 Å². The maximum atomic E-state index is 13.2. The van der Waals surface area contributed by atoms with Gasteiger partial charge in [0.05, 0.1) is 18.3 Å². The number of ether oxygens (including phenoxy) is 2. The van der Waals surface area contributed by atoms with E-state index in [2.05, 4.69) is 10.6 Å². The minimum absolute atomic E-state index is 0.0197. The van der Waals surface area contributed by atoms with Crippen molar-refractivity contribution in [2.24, 2.45) is 5.92 Å². The Morgan fingerprint density at radius 3 is 2.62 bits per heavy atom. The summed E-state index contributed by atoms with van der Waals surface area (Å²) < 4.78 is 50.4. The Kier molecular flexibility index (Phi) is 7.14. The van der Waals surface area contributed by atoms with E-state index in [0.29, 0.717) is 25.7 Å². The van der Waals surface area contributed by atoms with Gasteiger partial charge in [0.1, 0.15) is 5.75 Å². The van der Waals surface area contributed by atoms with E-state index in [-0.39, 0.29) is 24.0 Å². The molecule has 1 aliphatic rings. The topological polar surface area (TPSA) is 59.6 Å². The van der Waals surface area contributed by atoms with Gasteiger partial charge in [0.2, 0.25) is 0 Å². The van der Waals surface area contributed by atoms with Gasteiger partial charge in [-0.05, 0) is 50.3 Å².